The molecule has 0 bridgehead atoms. The van der Waals surface area contributed by atoms with E-state index in [9.17, 15) is 18.0 Å². The van der Waals surface area contributed by atoms with Gasteiger partial charge in [-0.05, 0) is 43.2 Å². The second-order valence-electron chi connectivity index (χ2n) is 6.98. The number of esters is 2. The predicted molar refractivity (Wildman–Crippen MR) is 111 cm³/mol. The SMILES string of the molecule is O=C(OCCOC(=O)c1cccc(S(=O)(=O)N2CCCCCC2)c1)c1ccccc1. The van der Waals surface area contributed by atoms with Gasteiger partial charge in [0.25, 0.3) is 0 Å². The number of hydrogen-bond acceptors (Lipinski definition) is 6. The lowest BCUT2D eigenvalue weighted by atomic mass is 10.2. The van der Waals surface area contributed by atoms with Crippen molar-refractivity contribution in [2.24, 2.45) is 0 Å². The molecular formula is C22H25NO6S. The van der Waals surface area contributed by atoms with Crippen LogP contribution in [0.25, 0.3) is 0 Å². The highest BCUT2D eigenvalue weighted by molar-refractivity contribution is 7.89. The Morgan fingerprint density at radius 1 is 0.767 bits per heavy atom. The number of hydrogen-bond donors (Lipinski definition) is 0. The third kappa shape index (κ3) is 5.67. The van der Waals surface area contributed by atoms with Crippen molar-refractivity contribution in [1.82, 2.24) is 4.31 Å². The van der Waals surface area contributed by atoms with E-state index < -0.39 is 22.0 Å². The first kappa shape index (κ1) is 22.0. The molecule has 1 fully saturated rings. The number of ether oxygens (including phenoxy) is 2. The maximum Gasteiger partial charge on any atom is 0.338 e. The molecule has 30 heavy (non-hydrogen) atoms. The van der Waals surface area contributed by atoms with Crippen molar-refractivity contribution in [3.63, 3.8) is 0 Å². The zero-order valence-electron chi connectivity index (χ0n) is 16.7. The summed E-state index contributed by atoms with van der Waals surface area (Å²) < 4.78 is 37.5. The normalized spacial score (nSPS) is 15.2. The fourth-order valence-corrected chi connectivity index (χ4v) is 4.79. The van der Waals surface area contributed by atoms with Gasteiger partial charge in [-0.1, -0.05) is 37.1 Å². The Labute approximate surface area is 176 Å². The Morgan fingerprint density at radius 2 is 1.33 bits per heavy atom. The summed E-state index contributed by atoms with van der Waals surface area (Å²) in [6.45, 7) is 0.763. The largest absolute Gasteiger partial charge is 0.458 e. The summed E-state index contributed by atoms with van der Waals surface area (Å²) in [4.78, 5) is 24.2. The lowest BCUT2D eigenvalue weighted by molar-refractivity contribution is 0.0265. The van der Waals surface area contributed by atoms with Crippen LogP contribution in [0.1, 0.15) is 46.4 Å². The van der Waals surface area contributed by atoms with Gasteiger partial charge in [-0.25, -0.2) is 18.0 Å². The second kappa shape index (κ2) is 10.4. The highest BCUT2D eigenvalue weighted by atomic mass is 32.2. The van der Waals surface area contributed by atoms with Crippen LogP contribution in [0.15, 0.2) is 59.5 Å². The first-order valence-corrected chi connectivity index (χ1v) is 11.4. The molecule has 1 heterocycles. The van der Waals surface area contributed by atoms with Crippen LogP contribution < -0.4 is 0 Å². The lowest BCUT2D eigenvalue weighted by Gasteiger charge is -2.20. The van der Waals surface area contributed by atoms with Gasteiger partial charge in [-0.15, -0.1) is 0 Å². The standard InChI is InChI=1S/C22H25NO6S/c24-21(18-9-4-3-5-10-18)28-15-16-29-22(25)19-11-8-12-20(17-19)30(26,27)23-13-6-1-2-7-14-23/h3-5,8-12,17H,1-2,6-7,13-16H2. The molecule has 0 amide bonds. The van der Waals surface area contributed by atoms with E-state index in [2.05, 4.69) is 0 Å². The van der Waals surface area contributed by atoms with Gasteiger partial charge in [0.2, 0.25) is 10.0 Å². The van der Waals surface area contributed by atoms with E-state index in [0.717, 1.165) is 25.7 Å². The zero-order valence-corrected chi connectivity index (χ0v) is 17.5. The van der Waals surface area contributed by atoms with E-state index in [-0.39, 0.29) is 23.7 Å². The Kier molecular flexibility index (Phi) is 7.59. The number of carbonyl (C=O) groups excluding carboxylic acids is 2. The minimum Gasteiger partial charge on any atom is -0.458 e. The molecule has 160 valence electrons. The third-order valence-corrected chi connectivity index (χ3v) is 6.73. The van der Waals surface area contributed by atoms with E-state index in [1.165, 1.54) is 28.6 Å². The minimum absolute atomic E-state index is 0.0781. The molecule has 0 radical (unpaired) electrons. The zero-order chi connectivity index (χ0) is 21.4. The number of sulfonamides is 1. The van der Waals surface area contributed by atoms with E-state index in [4.69, 9.17) is 9.47 Å². The molecule has 2 aromatic rings. The van der Waals surface area contributed by atoms with Gasteiger partial charge in [0, 0.05) is 13.1 Å². The van der Waals surface area contributed by atoms with E-state index >= 15 is 0 Å². The van der Waals surface area contributed by atoms with Crippen LogP contribution in [-0.4, -0.2) is 51.0 Å². The molecule has 1 saturated heterocycles. The first-order valence-electron chi connectivity index (χ1n) is 9.98. The van der Waals surface area contributed by atoms with Crippen molar-refractivity contribution in [1.29, 1.82) is 0 Å². The average molecular weight is 432 g/mol. The number of rotatable bonds is 7. The van der Waals surface area contributed by atoms with Gasteiger partial charge in [-0.3, -0.25) is 0 Å². The maximum absolute atomic E-state index is 12.9. The molecule has 0 N–H and O–H groups in total. The summed E-state index contributed by atoms with van der Waals surface area (Å²) in [6.07, 6.45) is 3.71. The maximum atomic E-state index is 12.9. The highest BCUT2D eigenvalue weighted by Gasteiger charge is 2.26. The van der Waals surface area contributed by atoms with Crippen LogP contribution in [0, 0.1) is 0 Å². The topological polar surface area (TPSA) is 90.0 Å². The number of carbonyl (C=O) groups is 2. The van der Waals surface area contributed by atoms with Crippen molar-refractivity contribution in [3.05, 3.63) is 65.7 Å². The molecule has 8 heteroatoms. The minimum atomic E-state index is -3.65. The fraction of sp³-hybridized carbons (Fsp3) is 0.364. The third-order valence-electron chi connectivity index (χ3n) is 4.83. The molecule has 1 aliphatic rings. The van der Waals surface area contributed by atoms with Crippen LogP contribution in [-0.2, 0) is 19.5 Å². The van der Waals surface area contributed by atoms with Crippen molar-refractivity contribution < 1.29 is 27.5 Å². The lowest BCUT2D eigenvalue weighted by Crippen LogP contribution is -2.32. The molecular weight excluding hydrogens is 406 g/mol. The summed E-state index contributed by atoms with van der Waals surface area (Å²) in [6, 6.07) is 14.3. The van der Waals surface area contributed by atoms with Crippen LogP contribution in [0.3, 0.4) is 0 Å². The average Bonchev–Trinajstić information content (AvgIpc) is 3.07. The number of nitrogens with zero attached hydrogens (tertiary/aromatic N) is 1. The van der Waals surface area contributed by atoms with Gasteiger partial charge >= 0.3 is 11.9 Å². The summed E-state index contributed by atoms with van der Waals surface area (Å²) in [5.74, 6) is -1.17. The molecule has 0 unspecified atom stereocenters. The van der Waals surface area contributed by atoms with Gasteiger partial charge in [0.1, 0.15) is 13.2 Å². The Hall–Kier alpha value is -2.71. The Balaban J connectivity index is 1.56. The van der Waals surface area contributed by atoms with Gasteiger partial charge in [-0.2, -0.15) is 4.31 Å². The van der Waals surface area contributed by atoms with Crippen LogP contribution in [0.4, 0.5) is 0 Å². The fourth-order valence-electron chi connectivity index (χ4n) is 3.22. The molecule has 0 aromatic heterocycles. The summed E-state index contributed by atoms with van der Waals surface area (Å²) >= 11 is 0. The Bertz CT molecular complexity index is 966. The highest BCUT2D eigenvalue weighted by Crippen LogP contribution is 2.21. The second-order valence-corrected chi connectivity index (χ2v) is 8.92. The molecule has 0 spiro atoms. The first-order chi connectivity index (χ1) is 14.5. The van der Waals surface area contributed by atoms with E-state index in [0.29, 0.717) is 18.7 Å². The summed E-state index contributed by atoms with van der Waals surface area (Å²) in [5, 5.41) is 0. The molecule has 7 nitrogen and oxygen atoms in total. The van der Waals surface area contributed by atoms with Crippen LogP contribution in [0.5, 0.6) is 0 Å². The molecule has 0 aliphatic carbocycles. The van der Waals surface area contributed by atoms with E-state index in [1.54, 1.807) is 30.3 Å². The molecule has 0 atom stereocenters. The van der Waals surface area contributed by atoms with Crippen molar-refractivity contribution in [3.8, 4) is 0 Å². The molecule has 1 aliphatic heterocycles. The summed E-state index contributed by atoms with van der Waals surface area (Å²) in [7, 11) is -3.65. The Morgan fingerprint density at radius 3 is 1.97 bits per heavy atom. The van der Waals surface area contributed by atoms with Crippen LogP contribution >= 0.6 is 0 Å². The van der Waals surface area contributed by atoms with E-state index in [1.807, 2.05) is 0 Å². The smallest absolute Gasteiger partial charge is 0.338 e. The predicted octanol–water partition coefficient (Wildman–Crippen LogP) is 3.27. The molecule has 2 aromatic carbocycles. The summed E-state index contributed by atoms with van der Waals surface area (Å²) in [5.41, 5.74) is 0.551. The number of benzene rings is 2. The van der Waals surface area contributed by atoms with Crippen molar-refractivity contribution >= 4 is 22.0 Å². The van der Waals surface area contributed by atoms with Gasteiger partial charge < -0.3 is 9.47 Å². The van der Waals surface area contributed by atoms with Crippen LogP contribution in [0.2, 0.25) is 0 Å². The monoisotopic (exact) mass is 431 g/mol. The molecule has 3 rings (SSSR count). The van der Waals surface area contributed by atoms with Gasteiger partial charge in [0.05, 0.1) is 16.0 Å². The van der Waals surface area contributed by atoms with Crippen molar-refractivity contribution in [2.45, 2.75) is 30.6 Å². The quantitative estimate of drug-likeness (QED) is 0.494. The van der Waals surface area contributed by atoms with Gasteiger partial charge in [0.15, 0.2) is 0 Å². The molecule has 0 saturated carbocycles. The van der Waals surface area contributed by atoms with Crippen molar-refractivity contribution in [2.75, 3.05) is 26.3 Å².